The summed E-state index contributed by atoms with van der Waals surface area (Å²) in [5.74, 6) is 0. The summed E-state index contributed by atoms with van der Waals surface area (Å²) < 4.78 is 0. The summed E-state index contributed by atoms with van der Waals surface area (Å²) in [6.07, 6.45) is 2.49. The van der Waals surface area contributed by atoms with Gasteiger partial charge in [-0.2, -0.15) is 0 Å². The average Bonchev–Trinajstić information content (AvgIpc) is 2.57. The van der Waals surface area contributed by atoms with Gasteiger partial charge in [0.2, 0.25) is 0 Å². The molecule has 0 bridgehead atoms. The molecule has 0 amide bonds. The van der Waals surface area contributed by atoms with E-state index in [0.717, 1.165) is 6.54 Å². The SMILES string of the molecule is CC.CC.CC1NCCCc2ccccc21. The van der Waals surface area contributed by atoms with Crippen LogP contribution in [0.25, 0.3) is 0 Å². The number of hydrogen-bond acceptors (Lipinski definition) is 1. The van der Waals surface area contributed by atoms with Crippen molar-refractivity contribution in [3.63, 3.8) is 0 Å². The molecule has 1 nitrogen and oxygen atoms in total. The van der Waals surface area contributed by atoms with Crippen LogP contribution in [0.5, 0.6) is 0 Å². The van der Waals surface area contributed by atoms with Gasteiger partial charge in [-0.15, -0.1) is 0 Å². The minimum Gasteiger partial charge on any atom is -0.310 e. The first-order valence-electron chi connectivity index (χ1n) is 6.69. The Morgan fingerprint density at radius 2 is 1.69 bits per heavy atom. The van der Waals surface area contributed by atoms with Gasteiger partial charge in [-0.3, -0.25) is 0 Å². The van der Waals surface area contributed by atoms with E-state index < -0.39 is 0 Å². The molecule has 0 radical (unpaired) electrons. The first-order chi connectivity index (χ1) is 7.88. The molecule has 0 aliphatic carbocycles. The lowest BCUT2D eigenvalue weighted by molar-refractivity contribution is 0.582. The van der Waals surface area contributed by atoms with Crippen LogP contribution < -0.4 is 5.32 Å². The number of aryl methyl sites for hydroxylation is 1. The monoisotopic (exact) mass is 221 g/mol. The third-order valence-electron chi connectivity index (χ3n) is 2.60. The van der Waals surface area contributed by atoms with E-state index in [2.05, 4.69) is 36.5 Å². The Kier molecular flexibility index (Phi) is 8.93. The van der Waals surface area contributed by atoms with Gasteiger partial charge in [0.15, 0.2) is 0 Å². The molecule has 1 atom stereocenters. The molecule has 0 fully saturated rings. The Labute approximate surface area is 101 Å². The smallest absolute Gasteiger partial charge is 0.0294 e. The maximum Gasteiger partial charge on any atom is 0.0294 e. The Hall–Kier alpha value is -0.820. The van der Waals surface area contributed by atoms with Crippen molar-refractivity contribution >= 4 is 0 Å². The van der Waals surface area contributed by atoms with Crippen LogP contribution in [0.1, 0.15) is 58.2 Å². The highest BCUT2D eigenvalue weighted by Gasteiger charge is 2.12. The molecule has 1 heteroatoms. The molecular weight excluding hydrogens is 194 g/mol. The van der Waals surface area contributed by atoms with Crippen molar-refractivity contribution in [2.24, 2.45) is 0 Å². The molecular formula is C15H27N. The van der Waals surface area contributed by atoms with Crippen LogP contribution in [0.3, 0.4) is 0 Å². The zero-order chi connectivity index (χ0) is 12.4. The molecule has 1 aromatic carbocycles. The van der Waals surface area contributed by atoms with E-state index in [1.54, 1.807) is 0 Å². The first kappa shape index (κ1) is 15.2. The van der Waals surface area contributed by atoms with Gasteiger partial charge in [0.05, 0.1) is 0 Å². The zero-order valence-electron chi connectivity index (χ0n) is 11.5. The molecule has 1 aliphatic rings. The third-order valence-corrected chi connectivity index (χ3v) is 2.60. The largest absolute Gasteiger partial charge is 0.310 e. The Morgan fingerprint density at radius 3 is 2.38 bits per heavy atom. The molecule has 0 spiro atoms. The summed E-state index contributed by atoms with van der Waals surface area (Å²) in [6, 6.07) is 9.28. The highest BCUT2D eigenvalue weighted by molar-refractivity contribution is 5.30. The first-order valence-corrected chi connectivity index (χ1v) is 6.69. The summed E-state index contributed by atoms with van der Waals surface area (Å²) in [6.45, 7) is 11.4. The van der Waals surface area contributed by atoms with Crippen LogP contribution in [0.15, 0.2) is 24.3 Å². The Morgan fingerprint density at radius 1 is 1.06 bits per heavy atom. The third kappa shape index (κ3) is 4.36. The second kappa shape index (κ2) is 9.41. The highest BCUT2D eigenvalue weighted by Crippen LogP contribution is 2.21. The van der Waals surface area contributed by atoms with Crippen molar-refractivity contribution in [3.05, 3.63) is 35.4 Å². The quantitative estimate of drug-likeness (QED) is 0.687. The minimum atomic E-state index is 0.531. The fraction of sp³-hybridized carbons (Fsp3) is 0.600. The predicted octanol–water partition coefficient (Wildman–Crippen LogP) is 4.34. The number of rotatable bonds is 0. The fourth-order valence-corrected chi connectivity index (χ4v) is 1.89. The fourth-order valence-electron chi connectivity index (χ4n) is 1.89. The summed E-state index contributed by atoms with van der Waals surface area (Å²) >= 11 is 0. The lowest BCUT2D eigenvalue weighted by Gasteiger charge is -2.12. The summed E-state index contributed by atoms with van der Waals surface area (Å²) in [4.78, 5) is 0. The van der Waals surface area contributed by atoms with Crippen molar-refractivity contribution in [1.29, 1.82) is 0 Å². The molecule has 0 saturated heterocycles. The van der Waals surface area contributed by atoms with E-state index in [1.807, 2.05) is 27.7 Å². The summed E-state index contributed by atoms with van der Waals surface area (Å²) in [5.41, 5.74) is 3.00. The number of fused-ring (bicyclic) bond motifs is 1. The Balaban J connectivity index is 0.000000509. The molecule has 0 aromatic heterocycles. The van der Waals surface area contributed by atoms with Gasteiger partial charge in [-0.05, 0) is 37.4 Å². The minimum absolute atomic E-state index is 0.531. The van der Waals surface area contributed by atoms with Gasteiger partial charge < -0.3 is 5.32 Å². The molecule has 1 heterocycles. The molecule has 2 rings (SSSR count). The molecule has 92 valence electrons. The molecule has 16 heavy (non-hydrogen) atoms. The van der Waals surface area contributed by atoms with Crippen molar-refractivity contribution in [2.45, 2.75) is 53.5 Å². The van der Waals surface area contributed by atoms with E-state index in [-0.39, 0.29) is 0 Å². The van der Waals surface area contributed by atoms with Crippen LogP contribution in [-0.4, -0.2) is 6.54 Å². The van der Waals surface area contributed by atoms with Crippen LogP contribution >= 0.6 is 0 Å². The highest BCUT2D eigenvalue weighted by atomic mass is 14.9. The number of hydrogen-bond donors (Lipinski definition) is 1. The van der Waals surface area contributed by atoms with Crippen LogP contribution in [0.2, 0.25) is 0 Å². The van der Waals surface area contributed by atoms with E-state index in [0.29, 0.717) is 6.04 Å². The number of nitrogens with one attached hydrogen (secondary N) is 1. The van der Waals surface area contributed by atoms with Gasteiger partial charge in [-0.1, -0.05) is 52.0 Å². The topological polar surface area (TPSA) is 12.0 Å². The molecule has 1 aromatic rings. The Bertz CT molecular complexity index is 268. The van der Waals surface area contributed by atoms with E-state index >= 15 is 0 Å². The zero-order valence-corrected chi connectivity index (χ0v) is 11.5. The van der Waals surface area contributed by atoms with Gasteiger partial charge >= 0.3 is 0 Å². The predicted molar refractivity (Wildman–Crippen MR) is 73.9 cm³/mol. The van der Waals surface area contributed by atoms with Crippen molar-refractivity contribution in [3.8, 4) is 0 Å². The van der Waals surface area contributed by atoms with Crippen LogP contribution in [0, 0.1) is 0 Å². The van der Waals surface area contributed by atoms with Crippen LogP contribution in [0.4, 0.5) is 0 Å². The van der Waals surface area contributed by atoms with E-state index in [4.69, 9.17) is 0 Å². The number of benzene rings is 1. The normalized spacial score (nSPS) is 17.9. The lowest BCUT2D eigenvalue weighted by atomic mass is 10.0. The average molecular weight is 221 g/mol. The standard InChI is InChI=1S/C11H15N.2C2H6/c1-9-11-7-3-2-5-10(11)6-4-8-12-9;2*1-2/h2-3,5,7,9,12H,4,6,8H2,1H3;2*1-2H3. The van der Waals surface area contributed by atoms with E-state index in [9.17, 15) is 0 Å². The van der Waals surface area contributed by atoms with Gasteiger partial charge in [0, 0.05) is 6.04 Å². The van der Waals surface area contributed by atoms with Crippen molar-refractivity contribution < 1.29 is 0 Å². The molecule has 1 unspecified atom stereocenters. The van der Waals surface area contributed by atoms with Gasteiger partial charge in [-0.25, -0.2) is 0 Å². The summed E-state index contributed by atoms with van der Waals surface area (Å²) in [5, 5.41) is 3.50. The maximum absolute atomic E-state index is 3.50. The van der Waals surface area contributed by atoms with Gasteiger partial charge in [0.1, 0.15) is 0 Å². The molecule has 0 saturated carbocycles. The summed E-state index contributed by atoms with van der Waals surface area (Å²) in [7, 11) is 0. The van der Waals surface area contributed by atoms with Crippen molar-refractivity contribution in [1.82, 2.24) is 5.32 Å². The van der Waals surface area contributed by atoms with Crippen molar-refractivity contribution in [2.75, 3.05) is 6.54 Å². The van der Waals surface area contributed by atoms with Crippen LogP contribution in [-0.2, 0) is 6.42 Å². The maximum atomic E-state index is 3.50. The second-order valence-corrected chi connectivity index (χ2v) is 3.48. The van der Waals surface area contributed by atoms with Gasteiger partial charge in [0.25, 0.3) is 0 Å². The molecule has 1 aliphatic heterocycles. The lowest BCUT2D eigenvalue weighted by Crippen LogP contribution is -2.17. The second-order valence-electron chi connectivity index (χ2n) is 3.48. The molecule has 1 N–H and O–H groups in total. The van der Waals surface area contributed by atoms with E-state index in [1.165, 1.54) is 24.0 Å².